The highest BCUT2D eigenvalue weighted by Crippen LogP contribution is 1.98. The Hall–Kier alpha value is -0.450. The third-order valence-corrected chi connectivity index (χ3v) is 1.96. The van der Waals surface area contributed by atoms with E-state index < -0.39 is 0 Å². The van der Waals surface area contributed by atoms with Crippen molar-refractivity contribution in [3.8, 4) is 0 Å². The van der Waals surface area contributed by atoms with Gasteiger partial charge in [0.1, 0.15) is 12.4 Å². The fourth-order valence-corrected chi connectivity index (χ4v) is 1.35. The first-order valence-corrected chi connectivity index (χ1v) is 4.39. The highest BCUT2D eigenvalue weighted by atomic mass is 16.5. The molecule has 0 aromatic heterocycles. The summed E-state index contributed by atoms with van der Waals surface area (Å²) in [5.74, 6) is 0. The molecular weight excluding hydrogens is 156 g/mol. The summed E-state index contributed by atoms with van der Waals surface area (Å²) < 4.78 is 5.26. The SMILES string of the molecule is CCOC(C=O)C1CNCCN1. The lowest BCUT2D eigenvalue weighted by atomic mass is 10.1. The predicted octanol–water partition coefficient (Wildman–Crippen LogP) is -0.848. The van der Waals surface area contributed by atoms with E-state index in [1.165, 1.54) is 0 Å². The number of hydrogen-bond donors (Lipinski definition) is 2. The standard InChI is InChI=1S/C8H16N2O2/c1-2-12-8(6-11)7-5-9-3-4-10-7/h6-10H,2-5H2,1H3. The summed E-state index contributed by atoms with van der Waals surface area (Å²) in [6, 6.07) is 0.135. The zero-order valence-electron chi connectivity index (χ0n) is 7.38. The number of aldehydes is 1. The lowest BCUT2D eigenvalue weighted by Crippen LogP contribution is -2.55. The number of nitrogens with one attached hydrogen (secondary N) is 2. The molecule has 4 heteroatoms. The van der Waals surface area contributed by atoms with Crippen LogP contribution in [0.4, 0.5) is 0 Å². The maximum Gasteiger partial charge on any atom is 0.150 e. The second-order valence-electron chi connectivity index (χ2n) is 2.82. The summed E-state index contributed by atoms with van der Waals surface area (Å²) in [5.41, 5.74) is 0. The van der Waals surface area contributed by atoms with Gasteiger partial charge in [-0.25, -0.2) is 0 Å². The van der Waals surface area contributed by atoms with E-state index in [0.717, 1.165) is 25.9 Å². The van der Waals surface area contributed by atoms with E-state index >= 15 is 0 Å². The number of rotatable bonds is 4. The molecule has 0 radical (unpaired) electrons. The molecule has 4 nitrogen and oxygen atoms in total. The molecule has 0 spiro atoms. The zero-order chi connectivity index (χ0) is 8.81. The Balaban J connectivity index is 2.34. The summed E-state index contributed by atoms with van der Waals surface area (Å²) in [6.07, 6.45) is 0.566. The molecule has 1 heterocycles. The van der Waals surface area contributed by atoms with Crippen LogP contribution in [-0.2, 0) is 9.53 Å². The summed E-state index contributed by atoms with van der Waals surface area (Å²) >= 11 is 0. The first-order chi connectivity index (χ1) is 5.88. The molecule has 2 unspecified atom stereocenters. The van der Waals surface area contributed by atoms with Gasteiger partial charge < -0.3 is 20.2 Å². The fraction of sp³-hybridized carbons (Fsp3) is 0.875. The van der Waals surface area contributed by atoms with E-state index in [1.807, 2.05) is 6.92 Å². The fourth-order valence-electron chi connectivity index (χ4n) is 1.35. The highest BCUT2D eigenvalue weighted by molar-refractivity contribution is 5.57. The number of hydrogen-bond acceptors (Lipinski definition) is 4. The van der Waals surface area contributed by atoms with Gasteiger partial charge in [0, 0.05) is 26.2 Å². The van der Waals surface area contributed by atoms with Crippen LogP contribution in [-0.4, -0.2) is 44.7 Å². The molecule has 1 fully saturated rings. The van der Waals surface area contributed by atoms with Crippen LogP contribution in [0.1, 0.15) is 6.92 Å². The molecule has 2 atom stereocenters. The van der Waals surface area contributed by atoms with Crippen LogP contribution in [0.2, 0.25) is 0 Å². The Labute approximate surface area is 72.7 Å². The van der Waals surface area contributed by atoms with Gasteiger partial charge in [0.2, 0.25) is 0 Å². The quantitative estimate of drug-likeness (QED) is 0.542. The first kappa shape index (κ1) is 9.64. The molecule has 1 rings (SSSR count). The molecule has 2 N–H and O–H groups in total. The van der Waals surface area contributed by atoms with Crippen molar-refractivity contribution in [3.63, 3.8) is 0 Å². The Morgan fingerprint density at radius 3 is 3.00 bits per heavy atom. The predicted molar refractivity (Wildman–Crippen MR) is 46.1 cm³/mol. The minimum Gasteiger partial charge on any atom is -0.369 e. The second-order valence-corrected chi connectivity index (χ2v) is 2.82. The van der Waals surface area contributed by atoms with E-state index in [2.05, 4.69) is 10.6 Å². The van der Waals surface area contributed by atoms with E-state index in [9.17, 15) is 4.79 Å². The molecule has 1 aliphatic rings. The molecule has 0 amide bonds. The highest BCUT2D eigenvalue weighted by Gasteiger charge is 2.22. The van der Waals surface area contributed by atoms with E-state index in [4.69, 9.17) is 4.74 Å². The summed E-state index contributed by atoms with van der Waals surface area (Å²) in [7, 11) is 0. The maximum absolute atomic E-state index is 10.6. The lowest BCUT2D eigenvalue weighted by molar-refractivity contribution is -0.119. The van der Waals surface area contributed by atoms with Crippen LogP contribution in [0.5, 0.6) is 0 Å². The Kier molecular flexibility index (Phi) is 4.21. The van der Waals surface area contributed by atoms with Crippen molar-refractivity contribution < 1.29 is 9.53 Å². The second kappa shape index (κ2) is 5.24. The van der Waals surface area contributed by atoms with E-state index in [0.29, 0.717) is 6.61 Å². The van der Waals surface area contributed by atoms with Crippen LogP contribution in [0.3, 0.4) is 0 Å². The van der Waals surface area contributed by atoms with Gasteiger partial charge in [0.05, 0.1) is 6.04 Å². The van der Waals surface area contributed by atoms with Gasteiger partial charge in [-0.2, -0.15) is 0 Å². The van der Waals surface area contributed by atoms with E-state index in [-0.39, 0.29) is 12.1 Å². The molecular formula is C8H16N2O2. The number of carbonyl (C=O) groups excluding carboxylic acids is 1. The van der Waals surface area contributed by atoms with Crippen LogP contribution in [0, 0.1) is 0 Å². The van der Waals surface area contributed by atoms with Gasteiger partial charge in [-0.15, -0.1) is 0 Å². The van der Waals surface area contributed by atoms with Crippen molar-refractivity contribution in [2.75, 3.05) is 26.2 Å². The Morgan fingerprint density at radius 1 is 1.67 bits per heavy atom. The largest absolute Gasteiger partial charge is 0.369 e. The van der Waals surface area contributed by atoms with Gasteiger partial charge in [-0.1, -0.05) is 0 Å². The van der Waals surface area contributed by atoms with Gasteiger partial charge >= 0.3 is 0 Å². The number of ether oxygens (including phenoxy) is 1. The summed E-state index contributed by atoms with van der Waals surface area (Å²) in [4.78, 5) is 10.6. The normalized spacial score (nSPS) is 26.6. The topological polar surface area (TPSA) is 50.4 Å². The minimum absolute atomic E-state index is 0.135. The van der Waals surface area contributed by atoms with Gasteiger partial charge in [-0.05, 0) is 6.92 Å². The molecule has 0 bridgehead atoms. The van der Waals surface area contributed by atoms with Crippen molar-refractivity contribution in [1.82, 2.24) is 10.6 Å². The monoisotopic (exact) mass is 172 g/mol. The van der Waals surface area contributed by atoms with Crippen molar-refractivity contribution in [2.24, 2.45) is 0 Å². The summed E-state index contributed by atoms with van der Waals surface area (Å²) in [5, 5.41) is 6.44. The number of carbonyl (C=O) groups is 1. The average Bonchev–Trinajstić information content (AvgIpc) is 2.15. The molecule has 0 aliphatic carbocycles. The van der Waals surface area contributed by atoms with Crippen LogP contribution < -0.4 is 10.6 Å². The van der Waals surface area contributed by atoms with Crippen LogP contribution in [0.15, 0.2) is 0 Å². The molecule has 1 aliphatic heterocycles. The van der Waals surface area contributed by atoms with Crippen molar-refractivity contribution in [3.05, 3.63) is 0 Å². The van der Waals surface area contributed by atoms with Crippen molar-refractivity contribution >= 4 is 6.29 Å². The van der Waals surface area contributed by atoms with Gasteiger partial charge in [0.15, 0.2) is 0 Å². The minimum atomic E-state index is -0.303. The lowest BCUT2D eigenvalue weighted by Gasteiger charge is -2.28. The van der Waals surface area contributed by atoms with Crippen LogP contribution >= 0.6 is 0 Å². The third-order valence-electron chi connectivity index (χ3n) is 1.96. The Bertz CT molecular complexity index is 135. The van der Waals surface area contributed by atoms with Crippen molar-refractivity contribution in [1.29, 1.82) is 0 Å². The van der Waals surface area contributed by atoms with Gasteiger partial charge in [0.25, 0.3) is 0 Å². The summed E-state index contributed by atoms with van der Waals surface area (Å²) in [6.45, 7) is 5.16. The molecule has 1 saturated heterocycles. The maximum atomic E-state index is 10.6. The molecule has 12 heavy (non-hydrogen) atoms. The number of piperazine rings is 1. The van der Waals surface area contributed by atoms with E-state index in [1.54, 1.807) is 0 Å². The third kappa shape index (κ3) is 2.55. The molecule has 0 aromatic rings. The zero-order valence-corrected chi connectivity index (χ0v) is 7.38. The van der Waals surface area contributed by atoms with Crippen LogP contribution in [0.25, 0.3) is 0 Å². The molecule has 0 aromatic carbocycles. The smallest absolute Gasteiger partial charge is 0.150 e. The average molecular weight is 172 g/mol. The first-order valence-electron chi connectivity index (χ1n) is 4.39. The van der Waals surface area contributed by atoms with Gasteiger partial charge in [-0.3, -0.25) is 0 Å². The molecule has 0 saturated carbocycles. The Morgan fingerprint density at radius 2 is 2.50 bits per heavy atom. The van der Waals surface area contributed by atoms with Crippen molar-refractivity contribution in [2.45, 2.75) is 19.1 Å². The molecule has 70 valence electrons.